The third-order valence-electron chi connectivity index (χ3n) is 4.74. The second-order valence-electron chi connectivity index (χ2n) is 6.93. The van der Waals surface area contributed by atoms with Gasteiger partial charge < -0.3 is 19.5 Å². The van der Waals surface area contributed by atoms with Crippen LogP contribution in [0.1, 0.15) is 30.5 Å². The lowest BCUT2D eigenvalue weighted by Gasteiger charge is -2.21. The van der Waals surface area contributed by atoms with Crippen LogP contribution in [0.5, 0.6) is 17.2 Å². The van der Waals surface area contributed by atoms with Crippen LogP contribution in [0, 0.1) is 0 Å². The van der Waals surface area contributed by atoms with Crippen LogP contribution in [-0.2, 0) is 19.6 Å². The number of methoxy groups -OCH3 is 3. The van der Waals surface area contributed by atoms with Crippen LogP contribution in [0.3, 0.4) is 0 Å². The Morgan fingerprint density at radius 2 is 1.59 bits per heavy atom. The van der Waals surface area contributed by atoms with Crippen molar-refractivity contribution >= 4 is 0 Å². The molecule has 2 rings (SSSR count). The van der Waals surface area contributed by atoms with E-state index in [9.17, 15) is 0 Å². The van der Waals surface area contributed by atoms with E-state index < -0.39 is 0 Å². The Labute approximate surface area is 163 Å². The van der Waals surface area contributed by atoms with Crippen molar-refractivity contribution in [2.45, 2.75) is 39.5 Å². The first-order valence-corrected chi connectivity index (χ1v) is 9.26. The Bertz CT molecular complexity index is 731. The van der Waals surface area contributed by atoms with Crippen molar-refractivity contribution in [2.75, 3.05) is 28.4 Å². The maximum atomic E-state index is 5.55. The molecule has 1 N–H and O–H groups in total. The summed E-state index contributed by atoms with van der Waals surface area (Å²) >= 11 is 0. The second kappa shape index (κ2) is 10.2. The first-order chi connectivity index (χ1) is 13.0. The number of ether oxygens (including phenoxy) is 3. The molecule has 0 amide bonds. The van der Waals surface area contributed by atoms with Gasteiger partial charge in [0, 0.05) is 31.2 Å². The summed E-state index contributed by atoms with van der Waals surface area (Å²) in [5.41, 5.74) is 3.63. The zero-order valence-corrected chi connectivity index (χ0v) is 17.3. The van der Waals surface area contributed by atoms with E-state index >= 15 is 0 Å². The quantitative estimate of drug-likeness (QED) is 0.686. The van der Waals surface area contributed by atoms with E-state index in [0.29, 0.717) is 29.8 Å². The third-order valence-corrected chi connectivity index (χ3v) is 4.74. The summed E-state index contributed by atoms with van der Waals surface area (Å²) < 4.78 is 16.3. The molecule has 5 heteroatoms. The van der Waals surface area contributed by atoms with Gasteiger partial charge >= 0.3 is 0 Å². The van der Waals surface area contributed by atoms with Crippen LogP contribution in [0.4, 0.5) is 0 Å². The lowest BCUT2D eigenvalue weighted by atomic mass is 10.1. The van der Waals surface area contributed by atoms with Crippen LogP contribution >= 0.6 is 0 Å². The van der Waals surface area contributed by atoms with Gasteiger partial charge in [0.2, 0.25) is 5.75 Å². The zero-order valence-electron chi connectivity index (χ0n) is 17.3. The lowest BCUT2D eigenvalue weighted by molar-refractivity contribution is 0.266. The normalized spacial score (nSPS) is 11.1. The van der Waals surface area contributed by atoms with Crippen molar-refractivity contribution in [1.82, 2.24) is 10.2 Å². The molecule has 0 aliphatic carbocycles. The lowest BCUT2D eigenvalue weighted by Crippen LogP contribution is -2.25. The Balaban J connectivity index is 2.02. The molecule has 2 aromatic carbocycles. The SMILES string of the molecule is COc1ccc(CNCc2cccc(CN(C)C(C)C)c2)c(OC)c1OC. The largest absolute Gasteiger partial charge is 0.493 e. The van der Waals surface area contributed by atoms with Gasteiger partial charge in [0.25, 0.3) is 0 Å². The standard InChI is InChI=1S/C22H32N2O3/c1-16(2)24(3)15-18-9-7-8-17(12-18)13-23-14-19-10-11-20(25-4)22(27-6)21(19)26-5/h7-12,16,23H,13-15H2,1-6H3. The molecule has 0 radical (unpaired) electrons. The van der Waals surface area contributed by atoms with Gasteiger partial charge in [-0.1, -0.05) is 30.3 Å². The number of nitrogens with zero attached hydrogens (tertiary/aromatic N) is 1. The minimum Gasteiger partial charge on any atom is -0.493 e. The van der Waals surface area contributed by atoms with Gasteiger partial charge in [-0.3, -0.25) is 4.90 Å². The number of hydrogen-bond donors (Lipinski definition) is 1. The average molecular weight is 373 g/mol. The summed E-state index contributed by atoms with van der Waals surface area (Å²) in [7, 11) is 7.05. The van der Waals surface area contributed by atoms with Gasteiger partial charge in [-0.15, -0.1) is 0 Å². The molecular formula is C22H32N2O3. The Morgan fingerprint density at radius 1 is 0.889 bits per heavy atom. The van der Waals surface area contributed by atoms with E-state index in [-0.39, 0.29) is 0 Å². The van der Waals surface area contributed by atoms with E-state index in [0.717, 1.165) is 18.7 Å². The summed E-state index contributed by atoms with van der Waals surface area (Å²) in [6.07, 6.45) is 0. The predicted molar refractivity (Wildman–Crippen MR) is 110 cm³/mol. The number of hydrogen-bond acceptors (Lipinski definition) is 5. The highest BCUT2D eigenvalue weighted by Crippen LogP contribution is 2.39. The highest BCUT2D eigenvalue weighted by atomic mass is 16.5. The minimum atomic E-state index is 0.532. The third kappa shape index (κ3) is 5.62. The van der Waals surface area contributed by atoms with Crippen molar-refractivity contribution < 1.29 is 14.2 Å². The molecule has 2 aromatic rings. The van der Waals surface area contributed by atoms with E-state index in [1.54, 1.807) is 21.3 Å². The fraction of sp³-hybridized carbons (Fsp3) is 0.455. The maximum absolute atomic E-state index is 5.55. The van der Waals surface area contributed by atoms with Gasteiger partial charge in [-0.25, -0.2) is 0 Å². The molecule has 0 unspecified atom stereocenters. The van der Waals surface area contributed by atoms with Gasteiger partial charge in [0.1, 0.15) is 0 Å². The van der Waals surface area contributed by atoms with Gasteiger partial charge in [-0.05, 0) is 38.1 Å². The number of rotatable bonds is 10. The Hall–Kier alpha value is -2.24. The Morgan fingerprint density at radius 3 is 2.22 bits per heavy atom. The molecule has 0 aromatic heterocycles. The molecule has 5 nitrogen and oxygen atoms in total. The fourth-order valence-corrected chi connectivity index (χ4v) is 2.95. The number of nitrogens with one attached hydrogen (secondary N) is 1. The molecule has 0 aliphatic heterocycles. The van der Waals surface area contributed by atoms with Crippen molar-refractivity contribution in [2.24, 2.45) is 0 Å². The molecule has 0 fully saturated rings. The summed E-state index contributed by atoms with van der Waals surface area (Å²) in [4.78, 5) is 2.33. The molecule has 0 bridgehead atoms. The Kier molecular flexibility index (Phi) is 7.95. The summed E-state index contributed by atoms with van der Waals surface area (Å²) in [5, 5.41) is 3.49. The van der Waals surface area contributed by atoms with Crippen LogP contribution < -0.4 is 19.5 Å². The van der Waals surface area contributed by atoms with Crippen molar-refractivity contribution in [3.8, 4) is 17.2 Å². The highest BCUT2D eigenvalue weighted by Gasteiger charge is 2.15. The van der Waals surface area contributed by atoms with Gasteiger partial charge in [0.15, 0.2) is 11.5 Å². The van der Waals surface area contributed by atoms with E-state index in [2.05, 4.69) is 55.4 Å². The van der Waals surface area contributed by atoms with Crippen LogP contribution in [0.15, 0.2) is 36.4 Å². The molecular weight excluding hydrogens is 340 g/mol. The zero-order chi connectivity index (χ0) is 19.8. The van der Waals surface area contributed by atoms with Crippen molar-refractivity contribution in [1.29, 1.82) is 0 Å². The molecule has 0 atom stereocenters. The topological polar surface area (TPSA) is 43.0 Å². The average Bonchev–Trinajstić information content (AvgIpc) is 2.67. The summed E-state index contributed by atoms with van der Waals surface area (Å²) in [6.45, 7) is 6.84. The molecule has 0 heterocycles. The first kappa shape index (κ1) is 21.1. The first-order valence-electron chi connectivity index (χ1n) is 9.26. The molecule has 0 saturated carbocycles. The van der Waals surface area contributed by atoms with Crippen molar-refractivity contribution in [3.63, 3.8) is 0 Å². The second-order valence-corrected chi connectivity index (χ2v) is 6.93. The van der Waals surface area contributed by atoms with Crippen LogP contribution in [-0.4, -0.2) is 39.3 Å². The van der Waals surface area contributed by atoms with E-state index in [1.165, 1.54) is 11.1 Å². The monoisotopic (exact) mass is 372 g/mol. The molecule has 0 saturated heterocycles. The van der Waals surface area contributed by atoms with Crippen molar-refractivity contribution in [3.05, 3.63) is 53.1 Å². The molecule has 0 aliphatic rings. The van der Waals surface area contributed by atoms with E-state index in [4.69, 9.17) is 14.2 Å². The minimum absolute atomic E-state index is 0.532. The van der Waals surface area contributed by atoms with Crippen LogP contribution in [0.2, 0.25) is 0 Å². The summed E-state index contributed by atoms with van der Waals surface area (Å²) in [6, 6.07) is 13.2. The maximum Gasteiger partial charge on any atom is 0.203 e. The fourth-order valence-electron chi connectivity index (χ4n) is 2.95. The smallest absolute Gasteiger partial charge is 0.203 e. The molecule has 148 valence electrons. The van der Waals surface area contributed by atoms with Gasteiger partial charge in [0.05, 0.1) is 21.3 Å². The van der Waals surface area contributed by atoms with Gasteiger partial charge in [-0.2, -0.15) is 0 Å². The van der Waals surface area contributed by atoms with E-state index in [1.807, 2.05) is 12.1 Å². The highest BCUT2D eigenvalue weighted by molar-refractivity contribution is 5.55. The predicted octanol–water partition coefficient (Wildman–Crippen LogP) is 3.84. The van der Waals surface area contributed by atoms with Crippen LogP contribution in [0.25, 0.3) is 0 Å². The summed E-state index contributed by atoms with van der Waals surface area (Å²) in [5.74, 6) is 2.00. The molecule has 27 heavy (non-hydrogen) atoms. The molecule has 0 spiro atoms. The number of benzene rings is 2.